The van der Waals surface area contributed by atoms with Crippen LogP contribution in [0.5, 0.6) is 0 Å². The maximum atomic E-state index is 8.84. The van der Waals surface area contributed by atoms with Gasteiger partial charge in [0.1, 0.15) is 0 Å². The Hall–Kier alpha value is -1.19. The number of hydrogen-bond donors (Lipinski definition) is 1. The Kier molecular flexibility index (Phi) is 4.29. The molecule has 1 heterocycles. The van der Waals surface area contributed by atoms with E-state index < -0.39 is 0 Å². The fourth-order valence-corrected chi connectivity index (χ4v) is 2.44. The minimum Gasteiger partial charge on any atom is -0.396 e. The van der Waals surface area contributed by atoms with E-state index in [1.54, 1.807) is 11.3 Å². The van der Waals surface area contributed by atoms with Gasteiger partial charge in [0.05, 0.1) is 10.7 Å². The first-order chi connectivity index (χ1) is 8.28. The highest BCUT2D eigenvalue weighted by atomic mass is 32.1. The zero-order valence-electron chi connectivity index (χ0n) is 10.0. The van der Waals surface area contributed by atoms with Gasteiger partial charge in [-0.3, -0.25) is 0 Å². The van der Waals surface area contributed by atoms with Crippen LogP contribution in [0, 0.1) is 6.92 Å². The molecule has 0 fully saturated rings. The van der Waals surface area contributed by atoms with Gasteiger partial charge in [0.15, 0.2) is 0 Å². The Morgan fingerprint density at radius 1 is 1.06 bits per heavy atom. The molecule has 0 radical (unpaired) electrons. The predicted octanol–water partition coefficient (Wildman–Crippen LogP) is 2.77. The van der Waals surface area contributed by atoms with Gasteiger partial charge in [-0.25, -0.2) is 4.98 Å². The Morgan fingerprint density at radius 3 is 2.24 bits per heavy atom. The molecule has 0 aliphatic rings. The summed E-state index contributed by atoms with van der Waals surface area (Å²) in [6.45, 7) is 2.26. The van der Waals surface area contributed by atoms with E-state index in [1.807, 2.05) is 6.92 Å². The summed E-state index contributed by atoms with van der Waals surface area (Å²) in [6, 6.07) is 8.48. The molecule has 0 bridgehead atoms. The molecule has 2 rings (SSSR count). The molecular formula is C14H17NOS. The van der Waals surface area contributed by atoms with Crippen LogP contribution >= 0.6 is 11.3 Å². The SMILES string of the molecule is Cc1nc(CCc2ccc(CCO)cc2)cs1. The zero-order valence-corrected chi connectivity index (χ0v) is 10.8. The maximum absolute atomic E-state index is 8.84. The lowest BCUT2D eigenvalue weighted by Crippen LogP contribution is -1.94. The van der Waals surface area contributed by atoms with Gasteiger partial charge in [-0.15, -0.1) is 11.3 Å². The second-order valence-corrected chi connectivity index (χ2v) is 5.21. The topological polar surface area (TPSA) is 33.1 Å². The lowest BCUT2D eigenvalue weighted by molar-refractivity contribution is 0.299. The highest BCUT2D eigenvalue weighted by molar-refractivity contribution is 7.09. The molecule has 0 saturated carbocycles. The summed E-state index contributed by atoms with van der Waals surface area (Å²) < 4.78 is 0. The van der Waals surface area contributed by atoms with Crippen molar-refractivity contribution in [1.82, 2.24) is 4.98 Å². The first-order valence-corrected chi connectivity index (χ1v) is 6.75. The Balaban J connectivity index is 1.90. The normalized spacial score (nSPS) is 10.7. The van der Waals surface area contributed by atoms with E-state index in [2.05, 4.69) is 34.6 Å². The zero-order chi connectivity index (χ0) is 12.1. The number of aliphatic hydroxyl groups excluding tert-OH is 1. The third kappa shape index (κ3) is 3.65. The Morgan fingerprint density at radius 2 is 1.71 bits per heavy atom. The fraction of sp³-hybridized carbons (Fsp3) is 0.357. The molecule has 0 atom stereocenters. The van der Waals surface area contributed by atoms with Gasteiger partial charge in [-0.1, -0.05) is 24.3 Å². The van der Waals surface area contributed by atoms with E-state index in [1.165, 1.54) is 16.8 Å². The van der Waals surface area contributed by atoms with E-state index in [9.17, 15) is 0 Å². The lowest BCUT2D eigenvalue weighted by atomic mass is 10.1. The van der Waals surface area contributed by atoms with Gasteiger partial charge in [-0.2, -0.15) is 0 Å². The minimum atomic E-state index is 0.220. The predicted molar refractivity (Wildman–Crippen MR) is 71.5 cm³/mol. The maximum Gasteiger partial charge on any atom is 0.0897 e. The molecule has 2 aromatic rings. The van der Waals surface area contributed by atoms with E-state index in [0.29, 0.717) is 0 Å². The highest BCUT2D eigenvalue weighted by Gasteiger charge is 2.00. The van der Waals surface area contributed by atoms with Crippen molar-refractivity contribution in [2.45, 2.75) is 26.2 Å². The van der Waals surface area contributed by atoms with Gasteiger partial charge >= 0.3 is 0 Å². The van der Waals surface area contributed by atoms with E-state index >= 15 is 0 Å². The Labute approximate surface area is 106 Å². The summed E-state index contributed by atoms with van der Waals surface area (Å²) in [4.78, 5) is 4.46. The first kappa shape index (κ1) is 12.3. The number of nitrogens with zero attached hydrogens (tertiary/aromatic N) is 1. The van der Waals surface area contributed by atoms with Gasteiger partial charge in [-0.05, 0) is 37.3 Å². The molecule has 0 spiro atoms. The van der Waals surface area contributed by atoms with Crippen molar-refractivity contribution in [3.8, 4) is 0 Å². The van der Waals surface area contributed by atoms with Crippen LogP contribution in [0.2, 0.25) is 0 Å². The molecular weight excluding hydrogens is 230 g/mol. The number of thiazole rings is 1. The van der Waals surface area contributed by atoms with Crippen molar-refractivity contribution >= 4 is 11.3 Å². The van der Waals surface area contributed by atoms with Crippen LogP contribution in [0.1, 0.15) is 21.8 Å². The molecule has 0 aliphatic heterocycles. The number of aryl methyl sites for hydroxylation is 3. The van der Waals surface area contributed by atoms with Gasteiger partial charge in [0.2, 0.25) is 0 Å². The first-order valence-electron chi connectivity index (χ1n) is 5.87. The van der Waals surface area contributed by atoms with Crippen molar-refractivity contribution in [1.29, 1.82) is 0 Å². The van der Waals surface area contributed by atoms with Crippen molar-refractivity contribution in [2.24, 2.45) is 0 Å². The molecule has 0 saturated heterocycles. The molecule has 1 aromatic carbocycles. The number of benzene rings is 1. The van der Waals surface area contributed by atoms with Crippen LogP contribution in [0.4, 0.5) is 0 Å². The highest BCUT2D eigenvalue weighted by Crippen LogP contribution is 2.12. The summed E-state index contributed by atoms with van der Waals surface area (Å²) in [5, 5.41) is 12.1. The number of hydrogen-bond acceptors (Lipinski definition) is 3. The van der Waals surface area contributed by atoms with Crippen LogP contribution < -0.4 is 0 Å². The molecule has 1 N–H and O–H groups in total. The third-order valence-electron chi connectivity index (χ3n) is 2.76. The Bertz CT molecular complexity index is 461. The molecule has 2 nitrogen and oxygen atoms in total. The lowest BCUT2D eigenvalue weighted by Gasteiger charge is -2.02. The fourth-order valence-electron chi connectivity index (χ4n) is 1.80. The van der Waals surface area contributed by atoms with Crippen LogP contribution in [-0.2, 0) is 19.3 Å². The van der Waals surface area contributed by atoms with Crippen molar-refractivity contribution in [3.63, 3.8) is 0 Å². The smallest absolute Gasteiger partial charge is 0.0897 e. The second kappa shape index (κ2) is 5.94. The van der Waals surface area contributed by atoms with E-state index in [0.717, 1.165) is 24.3 Å². The second-order valence-electron chi connectivity index (χ2n) is 4.15. The number of aliphatic hydroxyl groups is 1. The van der Waals surface area contributed by atoms with Gasteiger partial charge in [0.25, 0.3) is 0 Å². The average molecular weight is 247 g/mol. The van der Waals surface area contributed by atoms with E-state index in [-0.39, 0.29) is 6.61 Å². The molecule has 17 heavy (non-hydrogen) atoms. The number of rotatable bonds is 5. The number of aromatic nitrogens is 1. The van der Waals surface area contributed by atoms with Crippen LogP contribution in [0.3, 0.4) is 0 Å². The van der Waals surface area contributed by atoms with Crippen LogP contribution in [0.25, 0.3) is 0 Å². The summed E-state index contributed by atoms with van der Waals surface area (Å²) in [6.07, 6.45) is 2.78. The molecule has 0 aliphatic carbocycles. The monoisotopic (exact) mass is 247 g/mol. The third-order valence-corrected chi connectivity index (χ3v) is 3.58. The van der Waals surface area contributed by atoms with Crippen molar-refractivity contribution < 1.29 is 5.11 Å². The largest absolute Gasteiger partial charge is 0.396 e. The molecule has 0 amide bonds. The molecule has 1 aromatic heterocycles. The molecule has 90 valence electrons. The standard InChI is InChI=1S/C14H17NOS/c1-11-15-14(10-17-11)7-6-12-2-4-13(5-3-12)8-9-16/h2-5,10,16H,6-9H2,1H3. The summed E-state index contributed by atoms with van der Waals surface area (Å²) >= 11 is 1.71. The quantitative estimate of drug-likeness (QED) is 0.881. The minimum absolute atomic E-state index is 0.220. The summed E-state index contributed by atoms with van der Waals surface area (Å²) in [7, 11) is 0. The molecule has 0 unspecified atom stereocenters. The average Bonchev–Trinajstić information content (AvgIpc) is 2.75. The van der Waals surface area contributed by atoms with E-state index in [4.69, 9.17) is 5.11 Å². The summed E-state index contributed by atoms with van der Waals surface area (Å²) in [5.74, 6) is 0. The van der Waals surface area contributed by atoms with Crippen molar-refractivity contribution in [3.05, 3.63) is 51.5 Å². The van der Waals surface area contributed by atoms with Crippen molar-refractivity contribution in [2.75, 3.05) is 6.61 Å². The van der Waals surface area contributed by atoms with Gasteiger partial charge < -0.3 is 5.11 Å². The van der Waals surface area contributed by atoms with Crippen LogP contribution in [-0.4, -0.2) is 16.7 Å². The summed E-state index contributed by atoms with van der Waals surface area (Å²) in [5.41, 5.74) is 3.71. The van der Waals surface area contributed by atoms with Gasteiger partial charge in [0, 0.05) is 12.0 Å². The van der Waals surface area contributed by atoms with Crippen LogP contribution in [0.15, 0.2) is 29.6 Å². The molecule has 3 heteroatoms.